The van der Waals surface area contributed by atoms with Gasteiger partial charge in [0.05, 0.1) is 38.3 Å². The molecule has 2 amide bonds. The molecule has 2 bridgehead atoms. The van der Waals surface area contributed by atoms with E-state index in [2.05, 4.69) is 32.0 Å². The highest BCUT2D eigenvalue weighted by Gasteiger charge is 2.48. The molecule has 0 N–H and O–H groups in total. The summed E-state index contributed by atoms with van der Waals surface area (Å²) in [5, 5.41) is 0.596. The number of hydroxylamine groups is 2. The molecule has 2 atom stereocenters. The van der Waals surface area contributed by atoms with Crippen LogP contribution in [0.15, 0.2) is 0 Å². The predicted octanol–water partition coefficient (Wildman–Crippen LogP) is 5.45. The lowest BCUT2D eigenvalue weighted by molar-refractivity contribution is -0.929. The third-order valence-electron chi connectivity index (χ3n) is 6.78. The average molecular weight is 547 g/mol. The summed E-state index contributed by atoms with van der Waals surface area (Å²) in [4.78, 5) is 12.3. The summed E-state index contributed by atoms with van der Waals surface area (Å²) in [6.07, 6.45) is 12.1. The van der Waals surface area contributed by atoms with Gasteiger partial charge in [-0.3, -0.25) is 0 Å². The van der Waals surface area contributed by atoms with Gasteiger partial charge < -0.3 is 13.9 Å². The Morgan fingerprint density at radius 2 is 1.38 bits per heavy atom. The molecule has 0 radical (unpaired) electrons. The Hall–Kier alpha value is -0.320. The molecule has 2 aliphatic heterocycles. The molecular weight excluding hydrogens is 501 g/mol. The molecule has 11 heteroatoms. The number of hydrogen-bond acceptors (Lipinski definition) is 5. The molecule has 0 aromatic carbocycles. The summed E-state index contributed by atoms with van der Waals surface area (Å²) in [7, 11) is -4.95. The monoisotopic (exact) mass is 545 g/mol. The van der Waals surface area contributed by atoms with Crippen LogP contribution < -0.4 is 0 Å². The number of quaternary nitrogens is 1. The van der Waals surface area contributed by atoms with Crippen molar-refractivity contribution >= 4 is 39.6 Å². The van der Waals surface area contributed by atoms with E-state index in [1.165, 1.54) is 86.9 Å². The molecule has 0 saturated carbocycles. The zero-order chi connectivity index (χ0) is 25.8. The van der Waals surface area contributed by atoms with E-state index in [0.717, 1.165) is 0 Å². The number of nitrogens with zero attached hydrogens (tertiary/aromatic N) is 3. The van der Waals surface area contributed by atoms with Gasteiger partial charge in [-0.15, -0.1) is 23.2 Å². The second kappa shape index (κ2) is 15.7. The molecule has 2 fully saturated rings. The normalized spacial score (nSPS) is 20.6. The van der Waals surface area contributed by atoms with E-state index in [1.807, 2.05) is 0 Å². The maximum absolute atomic E-state index is 11.8. The van der Waals surface area contributed by atoms with E-state index in [-0.39, 0.29) is 12.6 Å². The molecule has 34 heavy (non-hydrogen) atoms. The van der Waals surface area contributed by atoms with Crippen molar-refractivity contribution in [1.82, 2.24) is 9.96 Å². The summed E-state index contributed by atoms with van der Waals surface area (Å²) in [5.41, 5.74) is 0. The molecule has 2 heterocycles. The third-order valence-corrected chi connectivity index (χ3v) is 7.70. The Morgan fingerprint density at radius 3 is 1.74 bits per heavy atom. The molecule has 8 nitrogen and oxygen atoms in total. The fraction of sp³-hybridized carbons (Fsp3) is 0.957. The van der Waals surface area contributed by atoms with Gasteiger partial charge in [-0.2, -0.15) is 9.35 Å². The van der Waals surface area contributed by atoms with E-state index in [4.69, 9.17) is 23.2 Å². The molecule has 2 saturated heterocycles. The van der Waals surface area contributed by atoms with E-state index < -0.39 is 27.3 Å². The number of fused-ring (bicyclic) bond motifs is 2. The second-order valence-electron chi connectivity index (χ2n) is 9.53. The first kappa shape index (κ1) is 31.7. The molecular formula is C23H45Cl2N3O5S. The topological polar surface area (TPSA) is 90.0 Å². The Bertz CT molecular complexity index is 659. The van der Waals surface area contributed by atoms with Crippen LogP contribution in [-0.2, 0) is 14.7 Å². The number of unbranched alkanes of at least 4 members (excludes halogenated alkanes) is 4. The summed E-state index contributed by atoms with van der Waals surface area (Å²) >= 11 is 11.5. The van der Waals surface area contributed by atoms with Gasteiger partial charge in [-0.1, -0.05) is 53.4 Å². The third kappa shape index (κ3) is 10.3. The molecule has 0 aromatic rings. The van der Waals surface area contributed by atoms with Gasteiger partial charge in [0, 0.05) is 6.54 Å². The van der Waals surface area contributed by atoms with Crippen LogP contribution in [0, 0.1) is 0 Å². The summed E-state index contributed by atoms with van der Waals surface area (Å²) < 4.78 is 37.0. The lowest BCUT2D eigenvalue weighted by Gasteiger charge is -2.39. The number of carbonyl (C=O) groups excluding carboxylic acids is 1. The maximum Gasteiger partial charge on any atom is 0.345 e. The van der Waals surface area contributed by atoms with Crippen LogP contribution in [0.2, 0.25) is 0 Å². The minimum absolute atomic E-state index is 0.259. The van der Waals surface area contributed by atoms with Gasteiger partial charge in [0.2, 0.25) is 10.4 Å². The van der Waals surface area contributed by atoms with Crippen molar-refractivity contribution in [2.75, 3.05) is 32.7 Å². The van der Waals surface area contributed by atoms with Crippen LogP contribution in [0.3, 0.4) is 0 Å². The smallest absolute Gasteiger partial charge is 0.345 e. The molecule has 0 spiro atoms. The number of amides is 2. The van der Waals surface area contributed by atoms with Crippen LogP contribution in [0.1, 0.15) is 91.9 Å². The van der Waals surface area contributed by atoms with E-state index in [9.17, 15) is 17.8 Å². The van der Waals surface area contributed by atoms with Crippen molar-refractivity contribution < 1.29 is 26.5 Å². The summed E-state index contributed by atoms with van der Waals surface area (Å²) in [5.74, 6) is 0. The number of halogens is 2. The highest BCUT2D eigenvalue weighted by Crippen LogP contribution is 2.34. The Morgan fingerprint density at radius 1 is 0.941 bits per heavy atom. The fourth-order valence-electron chi connectivity index (χ4n) is 4.76. The first-order valence-corrected chi connectivity index (χ1v) is 15.1. The highest BCUT2D eigenvalue weighted by molar-refractivity contribution is 7.80. The molecule has 0 aliphatic carbocycles. The minimum Gasteiger partial charge on any atom is -0.724 e. The number of alkyl halides is 2. The number of carbonyl (C=O) groups is 1. The van der Waals surface area contributed by atoms with Crippen LogP contribution in [0.5, 0.6) is 0 Å². The van der Waals surface area contributed by atoms with Gasteiger partial charge in [0.1, 0.15) is 4.84 Å². The van der Waals surface area contributed by atoms with E-state index in [1.54, 1.807) is 0 Å². The summed E-state index contributed by atoms with van der Waals surface area (Å²) in [6.45, 7) is 15.3. The van der Waals surface area contributed by atoms with Crippen LogP contribution in [0.25, 0.3) is 0 Å². The van der Waals surface area contributed by atoms with Gasteiger partial charge in [0.25, 0.3) is 0 Å². The first-order valence-electron chi connectivity index (χ1n) is 12.9. The van der Waals surface area contributed by atoms with Crippen molar-refractivity contribution in [2.45, 2.75) is 109 Å². The van der Waals surface area contributed by atoms with Crippen molar-refractivity contribution in [3.05, 3.63) is 0 Å². The lowest BCUT2D eigenvalue weighted by Crippen LogP contribution is -2.50. The molecule has 0 unspecified atom stereocenters. The number of urea groups is 1. The van der Waals surface area contributed by atoms with Crippen LogP contribution in [-0.4, -0.2) is 83.1 Å². The molecule has 202 valence electrons. The fourth-order valence-corrected chi connectivity index (χ4v) is 5.67. The Balaban J connectivity index is 0.000000340. The van der Waals surface area contributed by atoms with Crippen molar-refractivity contribution in [2.24, 2.45) is 0 Å². The number of rotatable bonds is 15. The van der Waals surface area contributed by atoms with Gasteiger partial charge >= 0.3 is 6.03 Å². The van der Waals surface area contributed by atoms with Gasteiger partial charge in [0.15, 0.2) is 0 Å². The summed E-state index contributed by atoms with van der Waals surface area (Å²) in [6, 6.07) is -1.53. The van der Waals surface area contributed by atoms with Crippen molar-refractivity contribution in [3.8, 4) is 0 Å². The maximum atomic E-state index is 11.8. The number of hydrogen-bond donors (Lipinski definition) is 0. The second-order valence-corrected chi connectivity index (χ2v) is 11.7. The van der Waals surface area contributed by atoms with Crippen LogP contribution >= 0.6 is 23.2 Å². The predicted molar refractivity (Wildman–Crippen MR) is 136 cm³/mol. The SMILES string of the molecule is CCCC[N+](CCCC)(CCCC)CCCC.O=C1N2C[C@@H](CC[C@H]2C(Cl)Cl)N1OS(=O)(=O)[O-]. The molecule has 0 aromatic heterocycles. The first-order chi connectivity index (χ1) is 16.0. The quantitative estimate of drug-likeness (QED) is 0.118. The van der Waals surface area contributed by atoms with Crippen LogP contribution in [0.4, 0.5) is 4.79 Å². The Kier molecular flexibility index (Phi) is 14.7. The van der Waals surface area contributed by atoms with Gasteiger partial charge in [-0.05, 0) is 38.5 Å². The van der Waals surface area contributed by atoms with Gasteiger partial charge in [-0.25, -0.2) is 13.2 Å². The zero-order valence-electron chi connectivity index (χ0n) is 21.4. The largest absolute Gasteiger partial charge is 0.724 e. The molecule has 2 aliphatic rings. The molecule has 2 rings (SSSR count). The average Bonchev–Trinajstić information content (AvgIpc) is 3.01. The van der Waals surface area contributed by atoms with Crippen molar-refractivity contribution in [3.63, 3.8) is 0 Å². The van der Waals surface area contributed by atoms with Crippen molar-refractivity contribution in [1.29, 1.82) is 0 Å². The standard InChI is InChI=1S/C16H36N.C7H10Cl2N2O5S/c1-5-9-13-17(14-10-6-2,15-11-7-3)16-12-8-4;8-6(9)5-2-1-4-3-10(5)7(12)11(4)16-17(13,14)15/h5-16H2,1-4H3;4-6H,1-3H2,(H,13,14,15)/q+1;/p-1/t;4-,5+/m.1/s1. The zero-order valence-corrected chi connectivity index (χ0v) is 23.7. The van der Waals surface area contributed by atoms with E-state index >= 15 is 0 Å². The minimum atomic E-state index is -4.95. The Labute approximate surface area is 217 Å². The number of piperidine rings is 1. The highest BCUT2D eigenvalue weighted by atomic mass is 35.5. The van der Waals surface area contributed by atoms with E-state index in [0.29, 0.717) is 17.9 Å². The lowest BCUT2D eigenvalue weighted by atomic mass is 10.0.